The molecule has 1 saturated heterocycles. The van der Waals surface area contributed by atoms with Crippen LogP contribution >= 0.6 is 12.4 Å². The third kappa shape index (κ3) is 4.74. The minimum absolute atomic E-state index is 0. The molecule has 2 rings (SSSR count). The second kappa shape index (κ2) is 8.19. The van der Waals surface area contributed by atoms with Crippen molar-refractivity contribution in [1.29, 1.82) is 0 Å². The summed E-state index contributed by atoms with van der Waals surface area (Å²) in [5.41, 5.74) is 0.242. The lowest BCUT2D eigenvalue weighted by atomic mass is 10.1. The number of likely N-dealkylation sites (N-methyl/N-ethyl adjacent to an activating group) is 1. The number of rotatable bonds is 4. The molecule has 1 aromatic carbocycles. The Morgan fingerprint density at radius 3 is 2.70 bits per heavy atom. The molecule has 112 valence electrons. The summed E-state index contributed by atoms with van der Waals surface area (Å²) in [5, 5.41) is 5.90. The van der Waals surface area contributed by atoms with Gasteiger partial charge in [-0.05, 0) is 45.1 Å². The maximum absolute atomic E-state index is 13.4. The average molecular weight is 302 g/mol. The van der Waals surface area contributed by atoms with E-state index in [2.05, 4.69) is 10.6 Å². The summed E-state index contributed by atoms with van der Waals surface area (Å²) in [6.45, 7) is 2.27. The van der Waals surface area contributed by atoms with Crippen LogP contribution in [0.2, 0.25) is 0 Å². The lowest BCUT2D eigenvalue weighted by Gasteiger charge is -2.31. The fraction of sp³-hybridized carbons (Fsp3) is 0.500. The van der Waals surface area contributed by atoms with Gasteiger partial charge in [0.05, 0.1) is 12.2 Å². The minimum atomic E-state index is -0.402. The smallest absolute Gasteiger partial charge is 0.238 e. The molecular weight excluding hydrogens is 281 g/mol. The van der Waals surface area contributed by atoms with Crippen molar-refractivity contribution in [2.75, 3.05) is 32.0 Å². The van der Waals surface area contributed by atoms with Gasteiger partial charge in [-0.1, -0.05) is 12.1 Å². The summed E-state index contributed by atoms with van der Waals surface area (Å²) in [4.78, 5) is 13.9. The van der Waals surface area contributed by atoms with Gasteiger partial charge in [0.15, 0.2) is 0 Å². The molecule has 0 radical (unpaired) electrons. The van der Waals surface area contributed by atoms with Gasteiger partial charge in [-0.25, -0.2) is 4.39 Å². The molecule has 0 aromatic heterocycles. The molecule has 1 amide bonds. The highest BCUT2D eigenvalue weighted by atomic mass is 35.5. The highest BCUT2D eigenvalue weighted by Crippen LogP contribution is 2.13. The maximum atomic E-state index is 13.4. The third-order valence-electron chi connectivity index (χ3n) is 3.47. The number of carbonyl (C=O) groups is 1. The van der Waals surface area contributed by atoms with Gasteiger partial charge in [-0.2, -0.15) is 0 Å². The number of hydrogen-bond acceptors (Lipinski definition) is 3. The summed E-state index contributed by atoms with van der Waals surface area (Å²) in [5.74, 6) is -0.577. The first kappa shape index (κ1) is 16.9. The summed E-state index contributed by atoms with van der Waals surface area (Å²) < 4.78 is 13.4. The fourth-order valence-electron chi connectivity index (χ4n) is 2.36. The van der Waals surface area contributed by atoms with Gasteiger partial charge < -0.3 is 10.6 Å². The first-order valence-corrected chi connectivity index (χ1v) is 6.62. The van der Waals surface area contributed by atoms with E-state index in [0.29, 0.717) is 12.6 Å². The summed E-state index contributed by atoms with van der Waals surface area (Å²) in [6, 6.07) is 6.64. The zero-order chi connectivity index (χ0) is 13.7. The SMILES string of the molecule is CN(CC(=O)Nc1ccccc1F)C1CCNCC1.Cl. The molecule has 6 heteroatoms. The molecule has 0 bridgehead atoms. The predicted molar refractivity (Wildman–Crippen MR) is 80.8 cm³/mol. The maximum Gasteiger partial charge on any atom is 0.238 e. The van der Waals surface area contributed by atoms with Crippen LogP contribution in [0.5, 0.6) is 0 Å². The Morgan fingerprint density at radius 1 is 1.40 bits per heavy atom. The highest BCUT2D eigenvalue weighted by molar-refractivity contribution is 5.92. The van der Waals surface area contributed by atoms with Gasteiger partial charge in [0.25, 0.3) is 0 Å². The Morgan fingerprint density at radius 2 is 2.05 bits per heavy atom. The van der Waals surface area contributed by atoms with Crippen LogP contribution in [0.25, 0.3) is 0 Å². The second-order valence-electron chi connectivity index (χ2n) is 4.92. The Labute approximate surface area is 125 Å². The number of nitrogens with one attached hydrogen (secondary N) is 2. The number of piperidine rings is 1. The number of anilines is 1. The highest BCUT2D eigenvalue weighted by Gasteiger charge is 2.19. The van der Waals surface area contributed by atoms with E-state index >= 15 is 0 Å². The van der Waals surface area contributed by atoms with Crippen LogP contribution in [0.4, 0.5) is 10.1 Å². The lowest BCUT2D eigenvalue weighted by molar-refractivity contribution is -0.117. The number of halogens is 2. The molecule has 0 unspecified atom stereocenters. The monoisotopic (exact) mass is 301 g/mol. The van der Waals surface area contributed by atoms with E-state index < -0.39 is 5.82 Å². The standard InChI is InChI=1S/C14H20FN3O.ClH/c1-18(11-6-8-16-9-7-11)10-14(19)17-13-5-3-2-4-12(13)15;/h2-5,11,16H,6-10H2,1H3,(H,17,19);1H. The molecule has 0 aliphatic carbocycles. The normalized spacial score (nSPS) is 15.8. The van der Waals surface area contributed by atoms with Gasteiger partial charge in [0.2, 0.25) is 5.91 Å². The van der Waals surface area contributed by atoms with Crippen molar-refractivity contribution < 1.29 is 9.18 Å². The summed E-state index contributed by atoms with van der Waals surface area (Å²) in [7, 11) is 1.94. The summed E-state index contributed by atoms with van der Waals surface area (Å²) in [6.07, 6.45) is 2.09. The molecule has 0 saturated carbocycles. The van der Waals surface area contributed by atoms with Crippen molar-refractivity contribution >= 4 is 24.0 Å². The topological polar surface area (TPSA) is 44.4 Å². The van der Waals surface area contributed by atoms with E-state index in [1.807, 2.05) is 11.9 Å². The van der Waals surface area contributed by atoms with Crippen LogP contribution in [-0.4, -0.2) is 43.5 Å². The van der Waals surface area contributed by atoms with Crippen molar-refractivity contribution in [3.63, 3.8) is 0 Å². The Kier molecular flexibility index (Phi) is 6.91. The Hall–Kier alpha value is -1.17. The summed E-state index contributed by atoms with van der Waals surface area (Å²) >= 11 is 0. The molecule has 2 N–H and O–H groups in total. The largest absolute Gasteiger partial charge is 0.322 e. The molecule has 4 nitrogen and oxygen atoms in total. The van der Waals surface area contributed by atoms with Crippen LogP contribution in [0, 0.1) is 5.82 Å². The zero-order valence-corrected chi connectivity index (χ0v) is 12.4. The third-order valence-corrected chi connectivity index (χ3v) is 3.47. The molecule has 0 atom stereocenters. The zero-order valence-electron chi connectivity index (χ0n) is 11.6. The first-order chi connectivity index (χ1) is 9.16. The fourth-order valence-corrected chi connectivity index (χ4v) is 2.36. The van der Waals surface area contributed by atoms with Gasteiger partial charge in [-0.3, -0.25) is 9.69 Å². The number of para-hydroxylation sites is 1. The van der Waals surface area contributed by atoms with Gasteiger partial charge in [-0.15, -0.1) is 12.4 Å². The lowest BCUT2D eigenvalue weighted by Crippen LogP contribution is -2.44. The Bertz CT molecular complexity index is 438. The molecule has 1 fully saturated rings. The molecule has 1 aliphatic heterocycles. The first-order valence-electron chi connectivity index (χ1n) is 6.62. The molecule has 1 aliphatic rings. The molecule has 1 heterocycles. The van der Waals surface area contributed by atoms with E-state index in [1.54, 1.807) is 18.2 Å². The van der Waals surface area contributed by atoms with Crippen LogP contribution in [-0.2, 0) is 4.79 Å². The molecule has 0 spiro atoms. The van der Waals surface area contributed by atoms with Crippen LogP contribution < -0.4 is 10.6 Å². The van der Waals surface area contributed by atoms with Crippen molar-refractivity contribution in [1.82, 2.24) is 10.2 Å². The van der Waals surface area contributed by atoms with E-state index in [9.17, 15) is 9.18 Å². The van der Waals surface area contributed by atoms with E-state index in [0.717, 1.165) is 25.9 Å². The second-order valence-corrected chi connectivity index (χ2v) is 4.92. The van der Waals surface area contributed by atoms with Gasteiger partial charge in [0.1, 0.15) is 5.82 Å². The molecule has 20 heavy (non-hydrogen) atoms. The van der Waals surface area contributed by atoms with Gasteiger partial charge >= 0.3 is 0 Å². The van der Waals surface area contributed by atoms with E-state index in [4.69, 9.17) is 0 Å². The number of carbonyl (C=O) groups excluding carboxylic acids is 1. The van der Waals surface area contributed by atoms with Crippen LogP contribution in [0.3, 0.4) is 0 Å². The van der Waals surface area contributed by atoms with Crippen molar-refractivity contribution in [3.05, 3.63) is 30.1 Å². The minimum Gasteiger partial charge on any atom is -0.322 e. The predicted octanol–water partition coefficient (Wildman–Crippen LogP) is 1.87. The number of amides is 1. The van der Waals surface area contributed by atoms with Crippen molar-refractivity contribution in [2.45, 2.75) is 18.9 Å². The van der Waals surface area contributed by atoms with Crippen LogP contribution in [0.15, 0.2) is 24.3 Å². The molecule has 1 aromatic rings. The quantitative estimate of drug-likeness (QED) is 0.892. The average Bonchev–Trinajstić information content (AvgIpc) is 2.42. The van der Waals surface area contributed by atoms with E-state index in [1.165, 1.54) is 6.07 Å². The van der Waals surface area contributed by atoms with Crippen molar-refractivity contribution in [2.24, 2.45) is 0 Å². The van der Waals surface area contributed by atoms with E-state index in [-0.39, 0.29) is 24.0 Å². The van der Waals surface area contributed by atoms with Crippen LogP contribution in [0.1, 0.15) is 12.8 Å². The van der Waals surface area contributed by atoms with Gasteiger partial charge in [0, 0.05) is 6.04 Å². The number of nitrogens with zero attached hydrogens (tertiary/aromatic N) is 1. The number of benzene rings is 1. The Balaban J connectivity index is 0.00000200. The molecular formula is C14H21ClFN3O. The van der Waals surface area contributed by atoms with Crippen molar-refractivity contribution in [3.8, 4) is 0 Å². The number of hydrogen-bond donors (Lipinski definition) is 2.